The molecule has 4 heterocycles. The molecule has 5 aromatic rings. The zero-order valence-electron chi connectivity index (χ0n) is 17.3. The van der Waals surface area contributed by atoms with Crippen LogP contribution in [0.15, 0.2) is 76.9 Å². The lowest BCUT2D eigenvalue weighted by atomic mass is 10.2. The van der Waals surface area contributed by atoms with E-state index < -0.39 is 0 Å². The number of thiazole rings is 1. The van der Waals surface area contributed by atoms with Crippen LogP contribution in [-0.2, 0) is 17.8 Å². The van der Waals surface area contributed by atoms with Gasteiger partial charge in [-0.3, -0.25) is 4.79 Å². The van der Waals surface area contributed by atoms with Crippen molar-refractivity contribution in [2.24, 2.45) is 0 Å². The SMILES string of the molecule is CN(Cc1cn(-c2ccccc2)nc1-c1cccs1)C(=O)Cc1csc(-c2cccs2)n1. The average Bonchev–Trinajstić information content (AvgIpc) is 3.61. The van der Waals surface area contributed by atoms with Crippen LogP contribution in [0.3, 0.4) is 0 Å². The van der Waals surface area contributed by atoms with E-state index in [0.717, 1.165) is 37.4 Å². The Morgan fingerprint density at radius 1 is 0.969 bits per heavy atom. The zero-order chi connectivity index (χ0) is 21.9. The standard InChI is InChI=1S/C24H20N4OS3/c1-27(22(29)13-18-16-32-24(25-18)21-10-6-12-31-21)14-17-15-28(19-7-3-2-4-8-19)26-23(17)20-9-5-11-30-20/h2-12,15-16H,13-14H2,1H3. The van der Waals surface area contributed by atoms with Crippen molar-refractivity contribution in [3.05, 3.63) is 88.2 Å². The summed E-state index contributed by atoms with van der Waals surface area (Å²) in [5, 5.41) is 11.9. The van der Waals surface area contributed by atoms with E-state index in [-0.39, 0.29) is 5.91 Å². The van der Waals surface area contributed by atoms with E-state index >= 15 is 0 Å². The Labute approximate surface area is 198 Å². The number of aromatic nitrogens is 3. The van der Waals surface area contributed by atoms with Gasteiger partial charge in [0, 0.05) is 30.7 Å². The zero-order valence-corrected chi connectivity index (χ0v) is 19.8. The smallest absolute Gasteiger partial charge is 0.228 e. The molecule has 8 heteroatoms. The average molecular weight is 477 g/mol. The largest absolute Gasteiger partial charge is 0.341 e. The van der Waals surface area contributed by atoms with Crippen molar-refractivity contribution < 1.29 is 4.79 Å². The van der Waals surface area contributed by atoms with Crippen LogP contribution in [0.25, 0.3) is 26.1 Å². The fourth-order valence-corrected chi connectivity index (χ4v) is 5.77. The quantitative estimate of drug-likeness (QED) is 0.290. The van der Waals surface area contributed by atoms with Crippen molar-refractivity contribution in [1.29, 1.82) is 0 Å². The molecule has 0 radical (unpaired) electrons. The number of hydrogen-bond acceptors (Lipinski definition) is 6. The number of nitrogens with zero attached hydrogens (tertiary/aromatic N) is 4. The number of rotatable bonds is 7. The summed E-state index contributed by atoms with van der Waals surface area (Å²) in [6.07, 6.45) is 2.31. The van der Waals surface area contributed by atoms with Crippen molar-refractivity contribution in [2.45, 2.75) is 13.0 Å². The Morgan fingerprint density at radius 3 is 2.44 bits per heavy atom. The Morgan fingerprint density at radius 2 is 1.72 bits per heavy atom. The van der Waals surface area contributed by atoms with E-state index in [1.165, 1.54) is 0 Å². The highest BCUT2D eigenvalue weighted by atomic mass is 32.1. The minimum atomic E-state index is 0.0395. The molecule has 0 saturated heterocycles. The van der Waals surface area contributed by atoms with Gasteiger partial charge in [-0.2, -0.15) is 5.10 Å². The summed E-state index contributed by atoms with van der Waals surface area (Å²) < 4.78 is 1.89. The highest BCUT2D eigenvalue weighted by Gasteiger charge is 2.18. The van der Waals surface area contributed by atoms with Gasteiger partial charge in [-0.1, -0.05) is 30.3 Å². The summed E-state index contributed by atoms with van der Waals surface area (Å²) in [4.78, 5) is 21.6. The summed E-state index contributed by atoms with van der Waals surface area (Å²) in [6.45, 7) is 0.487. The molecule has 0 aliphatic rings. The van der Waals surface area contributed by atoms with Crippen LogP contribution >= 0.6 is 34.0 Å². The number of carbonyl (C=O) groups excluding carboxylic acids is 1. The minimum Gasteiger partial charge on any atom is -0.341 e. The van der Waals surface area contributed by atoms with Crippen LogP contribution in [0.4, 0.5) is 0 Å². The molecular weight excluding hydrogens is 456 g/mol. The predicted molar refractivity (Wildman–Crippen MR) is 132 cm³/mol. The van der Waals surface area contributed by atoms with Gasteiger partial charge < -0.3 is 4.90 Å². The van der Waals surface area contributed by atoms with Gasteiger partial charge in [0.05, 0.1) is 27.6 Å². The highest BCUT2D eigenvalue weighted by molar-refractivity contribution is 7.20. The maximum Gasteiger partial charge on any atom is 0.228 e. The second-order valence-corrected chi connectivity index (χ2v) is 10.1. The number of benzene rings is 1. The van der Waals surface area contributed by atoms with Crippen molar-refractivity contribution in [2.75, 3.05) is 7.05 Å². The van der Waals surface area contributed by atoms with Gasteiger partial charge in [-0.15, -0.1) is 34.0 Å². The van der Waals surface area contributed by atoms with Gasteiger partial charge in [0.1, 0.15) is 10.7 Å². The lowest BCUT2D eigenvalue weighted by Crippen LogP contribution is -2.27. The van der Waals surface area contributed by atoms with E-state index in [9.17, 15) is 4.79 Å². The lowest BCUT2D eigenvalue weighted by Gasteiger charge is -2.16. The molecule has 0 atom stereocenters. The van der Waals surface area contributed by atoms with Crippen molar-refractivity contribution in [3.8, 4) is 26.1 Å². The molecule has 0 bridgehead atoms. The first-order chi connectivity index (χ1) is 15.7. The third-order valence-electron chi connectivity index (χ3n) is 5.01. The molecule has 0 fully saturated rings. The Kier molecular flexibility index (Phi) is 5.98. The molecule has 0 aliphatic carbocycles. The molecular formula is C24H20N4OS3. The normalized spacial score (nSPS) is 11.0. The second kappa shape index (κ2) is 9.20. The number of carbonyl (C=O) groups is 1. The summed E-state index contributed by atoms with van der Waals surface area (Å²) in [5.41, 5.74) is 3.74. The fraction of sp³-hybridized carbons (Fsp3) is 0.125. The van der Waals surface area contributed by atoms with Gasteiger partial charge >= 0.3 is 0 Å². The van der Waals surface area contributed by atoms with E-state index in [2.05, 4.69) is 17.1 Å². The van der Waals surface area contributed by atoms with Crippen LogP contribution in [0.5, 0.6) is 0 Å². The first-order valence-corrected chi connectivity index (χ1v) is 12.7. The van der Waals surface area contributed by atoms with Gasteiger partial charge in [0.25, 0.3) is 0 Å². The number of likely N-dealkylation sites (N-methyl/N-ethyl adjacent to an activating group) is 1. The molecule has 0 spiro atoms. The summed E-state index contributed by atoms with van der Waals surface area (Å²) in [5.74, 6) is 0.0395. The molecule has 160 valence electrons. The van der Waals surface area contributed by atoms with Crippen molar-refractivity contribution in [3.63, 3.8) is 0 Å². The molecule has 1 amide bonds. The molecule has 0 aliphatic heterocycles. The molecule has 0 unspecified atom stereocenters. The van der Waals surface area contributed by atoms with Crippen LogP contribution in [-0.4, -0.2) is 32.6 Å². The topological polar surface area (TPSA) is 51.0 Å². The maximum absolute atomic E-state index is 13.0. The summed E-state index contributed by atoms with van der Waals surface area (Å²) in [6, 6.07) is 18.2. The second-order valence-electron chi connectivity index (χ2n) is 7.31. The summed E-state index contributed by atoms with van der Waals surface area (Å²) >= 11 is 4.90. The third kappa shape index (κ3) is 4.43. The highest BCUT2D eigenvalue weighted by Crippen LogP contribution is 2.30. The minimum absolute atomic E-state index is 0.0395. The number of para-hydroxylation sites is 1. The monoisotopic (exact) mass is 476 g/mol. The van der Waals surface area contributed by atoms with Gasteiger partial charge in [0.15, 0.2) is 0 Å². The number of hydrogen-bond donors (Lipinski definition) is 0. The van der Waals surface area contributed by atoms with Crippen LogP contribution in [0.2, 0.25) is 0 Å². The molecule has 4 aromatic heterocycles. The lowest BCUT2D eigenvalue weighted by molar-refractivity contribution is -0.129. The Hall–Kier alpha value is -3.07. The molecule has 0 N–H and O–H groups in total. The Bertz CT molecular complexity index is 1300. The number of amides is 1. The van der Waals surface area contributed by atoms with Crippen LogP contribution < -0.4 is 0 Å². The third-order valence-corrected chi connectivity index (χ3v) is 7.82. The molecule has 5 nitrogen and oxygen atoms in total. The molecule has 32 heavy (non-hydrogen) atoms. The summed E-state index contributed by atoms with van der Waals surface area (Å²) in [7, 11) is 1.84. The Balaban J connectivity index is 1.35. The molecule has 0 saturated carbocycles. The maximum atomic E-state index is 13.0. The molecule has 1 aromatic carbocycles. The van der Waals surface area contributed by atoms with Gasteiger partial charge in [-0.25, -0.2) is 9.67 Å². The van der Waals surface area contributed by atoms with E-state index in [1.807, 2.05) is 76.5 Å². The predicted octanol–water partition coefficient (Wildman–Crippen LogP) is 5.99. The molecule has 5 rings (SSSR count). The first-order valence-electron chi connectivity index (χ1n) is 10.1. The first kappa shape index (κ1) is 20.8. The van der Waals surface area contributed by atoms with Crippen molar-refractivity contribution >= 4 is 39.9 Å². The van der Waals surface area contributed by atoms with E-state index in [1.54, 1.807) is 38.9 Å². The van der Waals surface area contributed by atoms with E-state index in [4.69, 9.17) is 5.10 Å². The van der Waals surface area contributed by atoms with E-state index in [0.29, 0.717) is 13.0 Å². The van der Waals surface area contributed by atoms with Crippen LogP contribution in [0, 0.1) is 0 Å². The van der Waals surface area contributed by atoms with Crippen LogP contribution in [0.1, 0.15) is 11.3 Å². The van der Waals surface area contributed by atoms with Crippen molar-refractivity contribution in [1.82, 2.24) is 19.7 Å². The fourth-order valence-electron chi connectivity index (χ4n) is 3.39. The van der Waals surface area contributed by atoms with Gasteiger partial charge in [-0.05, 0) is 35.0 Å². The van der Waals surface area contributed by atoms with Gasteiger partial charge in [0.2, 0.25) is 5.91 Å². The number of thiophene rings is 2.